The second kappa shape index (κ2) is 19.3. The van der Waals surface area contributed by atoms with Crippen molar-refractivity contribution >= 4 is 23.3 Å². The average Bonchev–Trinajstić information content (AvgIpc) is 3.04. The van der Waals surface area contributed by atoms with Gasteiger partial charge >= 0.3 is 6.09 Å². The molecule has 1 unspecified atom stereocenters. The highest BCUT2D eigenvalue weighted by atomic mass is 19.2. The van der Waals surface area contributed by atoms with E-state index in [1.165, 1.54) is 11.6 Å². The van der Waals surface area contributed by atoms with Gasteiger partial charge in [0, 0.05) is 36.1 Å². The Balaban J connectivity index is 0.000000623. The van der Waals surface area contributed by atoms with Crippen molar-refractivity contribution in [1.82, 2.24) is 0 Å². The predicted molar refractivity (Wildman–Crippen MR) is 186 cm³/mol. The number of carbonyl (C=O) groups excluding carboxylic acids is 3. The lowest BCUT2D eigenvalue weighted by Gasteiger charge is -2.21. The van der Waals surface area contributed by atoms with E-state index in [4.69, 9.17) is 14.2 Å². The zero-order chi connectivity index (χ0) is 36.0. The molecule has 7 nitrogen and oxygen atoms in total. The van der Waals surface area contributed by atoms with Crippen LogP contribution in [0, 0.1) is 23.5 Å². The summed E-state index contributed by atoms with van der Waals surface area (Å²) in [5, 5.41) is 2.62. The van der Waals surface area contributed by atoms with Crippen LogP contribution in [-0.2, 0) is 22.6 Å². The molecule has 0 bridgehead atoms. The molecule has 0 fully saturated rings. The maximum Gasteiger partial charge on any atom is 0.411 e. The van der Waals surface area contributed by atoms with E-state index in [0.717, 1.165) is 24.1 Å². The second-order valence-corrected chi connectivity index (χ2v) is 12.2. The zero-order valence-corrected chi connectivity index (χ0v) is 29.4. The van der Waals surface area contributed by atoms with Crippen LogP contribution in [0.2, 0.25) is 0 Å². The number of ketones is 2. The minimum atomic E-state index is -1.01. The van der Waals surface area contributed by atoms with E-state index in [1.54, 1.807) is 24.3 Å². The molecule has 3 aromatic rings. The number of aryl methyl sites for hydroxylation is 1. The molecule has 0 aliphatic carbocycles. The summed E-state index contributed by atoms with van der Waals surface area (Å²) in [6.07, 6.45) is 2.14. The van der Waals surface area contributed by atoms with Crippen molar-refractivity contribution in [2.45, 2.75) is 93.8 Å². The van der Waals surface area contributed by atoms with Crippen LogP contribution >= 0.6 is 0 Å². The number of anilines is 1. The number of hydrogen-bond donors (Lipinski definition) is 1. The topological polar surface area (TPSA) is 90.9 Å². The van der Waals surface area contributed by atoms with Gasteiger partial charge in [-0.1, -0.05) is 58.9 Å². The largest absolute Gasteiger partial charge is 0.490 e. The minimum absolute atomic E-state index is 0.0236. The lowest BCUT2D eigenvalue weighted by Crippen LogP contribution is -2.18. The Labute approximate surface area is 283 Å². The van der Waals surface area contributed by atoms with E-state index >= 15 is 0 Å². The fraction of sp³-hybridized carbons (Fsp3) is 0.410. The summed E-state index contributed by atoms with van der Waals surface area (Å²) in [4.78, 5) is 36.4. The monoisotopic (exact) mass is 665 g/mol. The normalized spacial score (nSPS) is 11.3. The summed E-state index contributed by atoms with van der Waals surface area (Å²) in [5.41, 5.74) is 3.63. The number of allylic oxidation sites excluding steroid dienone is 1. The molecule has 260 valence electrons. The first kappa shape index (κ1) is 39.6. The number of Topliss-reactive ketones (excluding diaryl/α,β-unsaturated/α-hetero) is 2. The van der Waals surface area contributed by atoms with Gasteiger partial charge in [-0.3, -0.25) is 14.9 Å². The molecule has 0 saturated carbocycles. The standard InChI is InChI=1S/C29H31F2NO5.C10H18O/c1-6-19-7-8-20(28(36-18(4)5)26(19)27(33)17(2)3)16-35-29(34)32-21-9-11-22(12-10-21)37-23-13-14-24(30)25(31)15-23;1-5-10(11)7-6-9(4)8(2)3/h7-15,17-18H,6,16H2,1-5H3,(H,32,34);9H,2,5-7H2,1,3-4H3. The molecule has 1 amide bonds. The Morgan fingerprint density at radius 1 is 0.854 bits per heavy atom. The Kier molecular flexibility index (Phi) is 16.0. The van der Waals surface area contributed by atoms with E-state index in [9.17, 15) is 23.2 Å². The van der Waals surface area contributed by atoms with Crippen LogP contribution in [0.3, 0.4) is 0 Å². The first-order chi connectivity index (χ1) is 22.7. The fourth-order valence-corrected chi connectivity index (χ4v) is 4.38. The summed E-state index contributed by atoms with van der Waals surface area (Å²) in [5.74, 6) is -0.398. The molecule has 0 aliphatic rings. The molecular formula is C39H49F2NO6. The molecule has 0 aromatic heterocycles. The average molecular weight is 666 g/mol. The number of carbonyl (C=O) groups is 3. The van der Waals surface area contributed by atoms with E-state index in [-0.39, 0.29) is 30.2 Å². The smallest absolute Gasteiger partial charge is 0.411 e. The van der Waals surface area contributed by atoms with E-state index < -0.39 is 17.7 Å². The van der Waals surface area contributed by atoms with Crippen LogP contribution in [0.25, 0.3) is 0 Å². The number of ether oxygens (including phenoxy) is 3. The van der Waals surface area contributed by atoms with Crippen molar-refractivity contribution < 1.29 is 37.4 Å². The number of nitrogens with one attached hydrogen (secondary N) is 1. The van der Waals surface area contributed by atoms with Crippen molar-refractivity contribution in [3.05, 3.63) is 95.1 Å². The Morgan fingerprint density at radius 2 is 1.48 bits per heavy atom. The zero-order valence-electron chi connectivity index (χ0n) is 29.4. The van der Waals surface area contributed by atoms with Crippen LogP contribution in [0.1, 0.15) is 96.1 Å². The van der Waals surface area contributed by atoms with Crippen LogP contribution in [-0.4, -0.2) is 23.8 Å². The number of hydrogen-bond acceptors (Lipinski definition) is 6. The first-order valence-electron chi connectivity index (χ1n) is 16.4. The van der Waals surface area contributed by atoms with Gasteiger partial charge in [0.2, 0.25) is 0 Å². The molecule has 0 aliphatic heterocycles. The molecular weight excluding hydrogens is 616 g/mol. The van der Waals surface area contributed by atoms with Gasteiger partial charge in [0.15, 0.2) is 17.4 Å². The van der Waals surface area contributed by atoms with Crippen LogP contribution < -0.4 is 14.8 Å². The molecule has 1 N–H and O–H groups in total. The number of amides is 1. The maximum atomic E-state index is 13.4. The van der Waals surface area contributed by atoms with Gasteiger partial charge in [-0.2, -0.15) is 0 Å². The summed E-state index contributed by atoms with van der Waals surface area (Å²) in [6.45, 7) is 19.2. The van der Waals surface area contributed by atoms with Gasteiger partial charge in [0.25, 0.3) is 0 Å². The van der Waals surface area contributed by atoms with Gasteiger partial charge in [0.1, 0.15) is 29.6 Å². The Bertz CT molecular complexity index is 1550. The molecule has 3 rings (SSSR count). The second-order valence-electron chi connectivity index (χ2n) is 12.2. The highest BCUT2D eigenvalue weighted by Crippen LogP contribution is 2.32. The van der Waals surface area contributed by atoms with Gasteiger partial charge < -0.3 is 14.2 Å². The molecule has 0 spiro atoms. The fourth-order valence-electron chi connectivity index (χ4n) is 4.38. The number of benzene rings is 3. The first-order valence-corrected chi connectivity index (χ1v) is 16.4. The molecule has 9 heteroatoms. The summed E-state index contributed by atoms with van der Waals surface area (Å²) in [6, 6.07) is 13.2. The predicted octanol–water partition coefficient (Wildman–Crippen LogP) is 10.7. The van der Waals surface area contributed by atoms with Crippen LogP contribution in [0.15, 0.2) is 66.7 Å². The van der Waals surface area contributed by atoms with E-state index in [0.29, 0.717) is 59.3 Å². The van der Waals surface area contributed by atoms with Crippen molar-refractivity contribution in [2.75, 3.05) is 5.32 Å². The lowest BCUT2D eigenvalue weighted by atomic mass is 9.92. The minimum Gasteiger partial charge on any atom is -0.490 e. The summed E-state index contributed by atoms with van der Waals surface area (Å²) in [7, 11) is 0. The molecule has 0 radical (unpaired) electrons. The van der Waals surface area contributed by atoms with E-state index in [1.807, 2.05) is 60.6 Å². The Hall–Kier alpha value is -4.53. The van der Waals surface area contributed by atoms with Crippen LogP contribution in [0.5, 0.6) is 17.2 Å². The molecule has 48 heavy (non-hydrogen) atoms. The molecule has 0 saturated heterocycles. The van der Waals surface area contributed by atoms with Gasteiger partial charge in [-0.25, -0.2) is 13.6 Å². The van der Waals surface area contributed by atoms with Gasteiger partial charge in [-0.15, -0.1) is 0 Å². The van der Waals surface area contributed by atoms with Gasteiger partial charge in [-0.05, 0) is 81.5 Å². The van der Waals surface area contributed by atoms with Crippen molar-refractivity contribution in [2.24, 2.45) is 11.8 Å². The maximum absolute atomic E-state index is 13.4. The molecule has 0 heterocycles. The summed E-state index contributed by atoms with van der Waals surface area (Å²) >= 11 is 0. The van der Waals surface area contributed by atoms with Crippen molar-refractivity contribution in [3.8, 4) is 17.2 Å². The van der Waals surface area contributed by atoms with E-state index in [2.05, 4.69) is 18.8 Å². The van der Waals surface area contributed by atoms with Gasteiger partial charge in [0.05, 0.1) is 11.7 Å². The Morgan fingerprint density at radius 3 is 2.02 bits per heavy atom. The SMILES string of the molecule is C=C(C)C(C)CCC(=O)CC.CCc1ccc(COC(=O)Nc2ccc(Oc3ccc(F)c(F)c3)cc2)c(OC(C)C)c1C(=O)C(C)C. The number of halogens is 2. The van der Waals surface area contributed by atoms with Crippen molar-refractivity contribution in [1.29, 1.82) is 0 Å². The molecule has 1 atom stereocenters. The third-order valence-electron chi connectivity index (χ3n) is 7.51. The number of rotatable bonds is 15. The third-order valence-corrected chi connectivity index (χ3v) is 7.51. The molecule has 3 aromatic carbocycles. The van der Waals surface area contributed by atoms with Crippen molar-refractivity contribution in [3.63, 3.8) is 0 Å². The van der Waals surface area contributed by atoms with Crippen LogP contribution in [0.4, 0.5) is 19.3 Å². The highest BCUT2D eigenvalue weighted by molar-refractivity contribution is 6.01. The quantitative estimate of drug-likeness (QED) is 0.128. The summed E-state index contributed by atoms with van der Waals surface area (Å²) < 4.78 is 43.4. The third kappa shape index (κ3) is 12.6. The lowest BCUT2D eigenvalue weighted by molar-refractivity contribution is -0.119. The highest BCUT2D eigenvalue weighted by Gasteiger charge is 2.24.